The molecule has 0 saturated heterocycles. The third-order valence-corrected chi connectivity index (χ3v) is 4.53. The van der Waals surface area contributed by atoms with Gasteiger partial charge in [0.05, 0.1) is 6.61 Å². The summed E-state index contributed by atoms with van der Waals surface area (Å²) < 4.78 is 5.31. The number of hydrogen-bond donors (Lipinski definition) is 0. The lowest BCUT2D eigenvalue weighted by Gasteiger charge is -2.26. The van der Waals surface area contributed by atoms with Gasteiger partial charge in [0.25, 0.3) is 0 Å². The van der Waals surface area contributed by atoms with Gasteiger partial charge in [0.15, 0.2) is 5.78 Å². The van der Waals surface area contributed by atoms with Gasteiger partial charge < -0.3 is 4.74 Å². The Morgan fingerprint density at radius 3 is 1.63 bits per heavy atom. The van der Waals surface area contributed by atoms with Crippen molar-refractivity contribution in [2.24, 2.45) is 5.92 Å². The Bertz CT molecular complexity index is 834. The van der Waals surface area contributed by atoms with Crippen molar-refractivity contribution >= 4 is 11.8 Å². The summed E-state index contributed by atoms with van der Waals surface area (Å²) in [5, 5.41) is 0. The van der Waals surface area contributed by atoms with Crippen molar-refractivity contribution in [3.8, 4) is 0 Å². The SMILES string of the molecule is CCOC(=O)C(C(=O)c1ccccc1)C(c1ccccc1)c1ccccc1. The van der Waals surface area contributed by atoms with Crippen molar-refractivity contribution in [1.29, 1.82) is 0 Å². The quantitative estimate of drug-likeness (QED) is 0.343. The molecule has 0 aliphatic heterocycles. The maximum atomic E-state index is 13.3. The van der Waals surface area contributed by atoms with Crippen molar-refractivity contribution in [2.75, 3.05) is 6.61 Å². The normalized spacial score (nSPS) is 11.8. The minimum absolute atomic E-state index is 0.230. The van der Waals surface area contributed by atoms with Gasteiger partial charge in [-0.1, -0.05) is 91.0 Å². The molecule has 0 heterocycles. The van der Waals surface area contributed by atoms with E-state index >= 15 is 0 Å². The zero-order chi connectivity index (χ0) is 19.1. The van der Waals surface area contributed by atoms with E-state index in [1.165, 1.54) is 0 Å². The standard InChI is InChI=1S/C24H22O3/c1-2-27-24(26)22(23(25)20-16-10-5-11-17-20)21(18-12-6-3-7-13-18)19-14-8-4-9-15-19/h3-17,21-22H,2H2,1H3. The van der Waals surface area contributed by atoms with Crippen LogP contribution in [-0.2, 0) is 9.53 Å². The fourth-order valence-electron chi connectivity index (χ4n) is 3.31. The second-order valence-electron chi connectivity index (χ2n) is 6.26. The van der Waals surface area contributed by atoms with E-state index in [2.05, 4.69) is 0 Å². The Labute approximate surface area is 159 Å². The summed E-state index contributed by atoms with van der Waals surface area (Å²) in [5.41, 5.74) is 2.32. The highest BCUT2D eigenvalue weighted by molar-refractivity contribution is 6.09. The van der Waals surface area contributed by atoms with Gasteiger partial charge in [-0.15, -0.1) is 0 Å². The summed E-state index contributed by atoms with van der Waals surface area (Å²) in [6.07, 6.45) is 0. The molecule has 3 aromatic carbocycles. The fraction of sp³-hybridized carbons (Fsp3) is 0.167. The van der Waals surface area contributed by atoms with Gasteiger partial charge in [-0.05, 0) is 18.1 Å². The Balaban J connectivity index is 2.13. The van der Waals surface area contributed by atoms with Crippen molar-refractivity contribution in [3.63, 3.8) is 0 Å². The number of carbonyl (C=O) groups excluding carboxylic acids is 2. The van der Waals surface area contributed by atoms with Crippen molar-refractivity contribution in [2.45, 2.75) is 12.8 Å². The molecule has 0 spiro atoms. The van der Waals surface area contributed by atoms with E-state index in [4.69, 9.17) is 4.74 Å². The lowest BCUT2D eigenvalue weighted by molar-refractivity contribution is -0.146. The third kappa shape index (κ3) is 4.32. The number of rotatable bonds is 7. The maximum absolute atomic E-state index is 13.3. The van der Waals surface area contributed by atoms with Crippen LogP contribution < -0.4 is 0 Å². The first-order chi connectivity index (χ1) is 13.2. The van der Waals surface area contributed by atoms with Crippen molar-refractivity contribution in [3.05, 3.63) is 108 Å². The van der Waals surface area contributed by atoms with Crippen LogP contribution in [0.15, 0.2) is 91.0 Å². The largest absolute Gasteiger partial charge is 0.465 e. The molecule has 3 heteroatoms. The second-order valence-corrected chi connectivity index (χ2v) is 6.26. The molecule has 0 aliphatic carbocycles. The zero-order valence-electron chi connectivity index (χ0n) is 15.2. The third-order valence-electron chi connectivity index (χ3n) is 4.53. The minimum atomic E-state index is -0.947. The van der Waals surface area contributed by atoms with Crippen LogP contribution in [-0.4, -0.2) is 18.4 Å². The van der Waals surface area contributed by atoms with E-state index < -0.39 is 17.8 Å². The molecular formula is C24H22O3. The molecule has 1 unspecified atom stereocenters. The Hall–Kier alpha value is -3.20. The first kappa shape index (κ1) is 18.6. The Kier molecular flexibility index (Phi) is 6.16. The average Bonchev–Trinajstić information content (AvgIpc) is 2.73. The smallest absolute Gasteiger partial charge is 0.317 e. The van der Waals surface area contributed by atoms with E-state index in [-0.39, 0.29) is 12.4 Å². The fourth-order valence-corrected chi connectivity index (χ4v) is 3.31. The number of benzene rings is 3. The molecule has 3 aromatic rings. The first-order valence-corrected chi connectivity index (χ1v) is 9.08. The molecule has 3 nitrogen and oxygen atoms in total. The number of Topliss-reactive ketones (excluding diaryl/α,β-unsaturated/α-hetero) is 1. The van der Waals surface area contributed by atoms with Crippen LogP contribution in [0.4, 0.5) is 0 Å². The van der Waals surface area contributed by atoms with Crippen LogP contribution in [0.3, 0.4) is 0 Å². The van der Waals surface area contributed by atoms with Gasteiger partial charge in [-0.2, -0.15) is 0 Å². The summed E-state index contributed by atoms with van der Waals surface area (Å²) in [6, 6.07) is 28.2. The van der Waals surface area contributed by atoms with Gasteiger partial charge >= 0.3 is 5.97 Å². The van der Waals surface area contributed by atoms with Crippen LogP contribution in [0.5, 0.6) is 0 Å². The maximum Gasteiger partial charge on any atom is 0.317 e. The van der Waals surface area contributed by atoms with E-state index in [1.54, 1.807) is 31.2 Å². The van der Waals surface area contributed by atoms with E-state index in [9.17, 15) is 9.59 Å². The predicted octanol–water partition coefficient (Wildman–Crippen LogP) is 4.88. The number of hydrogen-bond acceptors (Lipinski definition) is 3. The molecule has 0 aliphatic rings. The van der Waals surface area contributed by atoms with E-state index in [0.29, 0.717) is 5.56 Å². The number of esters is 1. The van der Waals surface area contributed by atoms with Gasteiger partial charge in [0.1, 0.15) is 5.92 Å². The highest BCUT2D eigenvalue weighted by atomic mass is 16.5. The average molecular weight is 358 g/mol. The van der Waals surface area contributed by atoms with Crippen LogP contribution in [0, 0.1) is 5.92 Å². The molecule has 0 amide bonds. The van der Waals surface area contributed by atoms with Gasteiger partial charge in [0.2, 0.25) is 0 Å². The summed E-state index contributed by atoms with van der Waals surface area (Å²) in [5.74, 6) is -2.09. The highest BCUT2D eigenvalue weighted by Gasteiger charge is 2.38. The molecule has 0 bridgehead atoms. The number of ketones is 1. The van der Waals surface area contributed by atoms with Gasteiger partial charge in [-0.3, -0.25) is 9.59 Å². The summed E-state index contributed by atoms with van der Waals surface area (Å²) in [7, 11) is 0. The van der Waals surface area contributed by atoms with Crippen molar-refractivity contribution in [1.82, 2.24) is 0 Å². The molecule has 0 fully saturated rings. The zero-order valence-corrected chi connectivity index (χ0v) is 15.2. The van der Waals surface area contributed by atoms with Crippen LogP contribution in [0.1, 0.15) is 34.3 Å². The molecule has 0 radical (unpaired) electrons. The van der Waals surface area contributed by atoms with Crippen LogP contribution >= 0.6 is 0 Å². The van der Waals surface area contributed by atoms with Gasteiger partial charge in [0, 0.05) is 11.5 Å². The predicted molar refractivity (Wildman–Crippen MR) is 106 cm³/mol. The minimum Gasteiger partial charge on any atom is -0.465 e. The lowest BCUT2D eigenvalue weighted by Crippen LogP contribution is -2.32. The van der Waals surface area contributed by atoms with Gasteiger partial charge in [-0.25, -0.2) is 0 Å². The highest BCUT2D eigenvalue weighted by Crippen LogP contribution is 2.35. The molecule has 0 N–H and O–H groups in total. The monoisotopic (exact) mass is 358 g/mol. The Morgan fingerprint density at radius 2 is 1.19 bits per heavy atom. The summed E-state index contributed by atoms with van der Waals surface area (Å²) in [4.78, 5) is 26.3. The molecule has 1 atom stereocenters. The first-order valence-electron chi connectivity index (χ1n) is 9.08. The van der Waals surface area contributed by atoms with Crippen LogP contribution in [0.2, 0.25) is 0 Å². The topological polar surface area (TPSA) is 43.4 Å². The van der Waals surface area contributed by atoms with E-state index in [1.807, 2.05) is 66.7 Å². The molecule has 0 saturated carbocycles. The molecule has 136 valence electrons. The second kappa shape index (κ2) is 8.95. The summed E-state index contributed by atoms with van der Waals surface area (Å²) in [6.45, 7) is 1.98. The number of ether oxygens (including phenoxy) is 1. The summed E-state index contributed by atoms with van der Waals surface area (Å²) >= 11 is 0. The van der Waals surface area contributed by atoms with Crippen molar-refractivity contribution < 1.29 is 14.3 Å². The lowest BCUT2D eigenvalue weighted by atomic mass is 9.77. The Morgan fingerprint density at radius 1 is 0.741 bits per heavy atom. The molecule has 0 aromatic heterocycles. The van der Waals surface area contributed by atoms with E-state index in [0.717, 1.165) is 11.1 Å². The molecular weight excluding hydrogens is 336 g/mol. The molecule has 27 heavy (non-hydrogen) atoms. The number of carbonyl (C=O) groups is 2. The molecule has 3 rings (SSSR count). The van der Waals surface area contributed by atoms with Crippen LogP contribution in [0.25, 0.3) is 0 Å².